The van der Waals surface area contributed by atoms with Gasteiger partial charge in [0, 0.05) is 11.3 Å². The van der Waals surface area contributed by atoms with Gasteiger partial charge >= 0.3 is 6.18 Å². The minimum absolute atomic E-state index is 0.174. The van der Waals surface area contributed by atoms with Crippen LogP contribution in [0.3, 0.4) is 0 Å². The lowest BCUT2D eigenvalue weighted by atomic mass is 10.1. The summed E-state index contributed by atoms with van der Waals surface area (Å²) in [5.41, 5.74) is -0.437. The van der Waals surface area contributed by atoms with Crippen molar-refractivity contribution < 1.29 is 27.5 Å². The maximum atomic E-state index is 13.1. The molecule has 1 N–H and O–H groups in total. The number of thioether (sulfide) groups is 1. The molecule has 0 saturated carbocycles. The number of amides is 2. The molecule has 2 aromatic rings. The van der Waals surface area contributed by atoms with E-state index >= 15 is 0 Å². The maximum Gasteiger partial charge on any atom is 0.418 e. The number of ether oxygens (including phenoxy) is 1. The molecule has 0 spiro atoms. The van der Waals surface area contributed by atoms with Gasteiger partial charge in [0.25, 0.3) is 11.1 Å². The molecule has 1 aliphatic heterocycles. The molecule has 152 valence electrons. The minimum Gasteiger partial charge on any atom is -0.493 e. The van der Waals surface area contributed by atoms with Crippen LogP contribution >= 0.6 is 11.8 Å². The second kappa shape index (κ2) is 8.60. The molecule has 1 saturated heterocycles. The Morgan fingerprint density at radius 2 is 1.79 bits per heavy atom. The van der Waals surface area contributed by atoms with Crippen molar-refractivity contribution in [1.82, 2.24) is 4.90 Å². The molecular weight excluding hydrogens is 405 g/mol. The highest BCUT2D eigenvalue weighted by Gasteiger charge is 2.36. The van der Waals surface area contributed by atoms with Crippen LogP contribution in [0.2, 0.25) is 0 Å². The van der Waals surface area contributed by atoms with Crippen molar-refractivity contribution in [3.05, 3.63) is 64.6 Å². The van der Waals surface area contributed by atoms with Gasteiger partial charge in [-0.3, -0.25) is 14.5 Å². The predicted molar refractivity (Wildman–Crippen MR) is 105 cm³/mol. The number of imide groups is 1. The summed E-state index contributed by atoms with van der Waals surface area (Å²) >= 11 is 0.729. The van der Waals surface area contributed by atoms with Crippen molar-refractivity contribution in [3.63, 3.8) is 0 Å². The molecule has 2 aromatic carbocycles. The Bertz CT molecular complexity index is 960. The van der Waals surface area contributed by atoms with E-state index in [1.54, 1.807) is 30.3 Å². The zero-order valence-corrected chi connectivity index (χ0v) is 16.1. The van der Waals surface area contributed by atoms with E-state index in [0.29, 0.717) is 17.9 Å². The number of halogens is 3. The van der Waals surface area contributed by atoms with Crippen LogP contribution in [-0.2, 0) is 11.0 Å². The molecule has 1 fully saturated rings. The summed E-state index contributed by atoms with van der Waals surface area (Å²) in [5, 5.41) is 1.97. The van der Waals surface area contributed by atoms with Crippen LogP contribution in [0.1, 0.15) is 18.1 Å². The second-order valence-electron chi connectivity index (χ2n) is 5.96. The molecule has 3 rings (SSSR count). The Hall–Kier alpha value is -2.94. The highest BCUT2D eigenvalue weighted by molar-refractivity contribution is 8.18. The van der Waals surface area contributed by atoms with Crippen LogP contribution in [0, 0.1) is 0 Å². The Labute approximate surface area is 169 Å². The van der Waals surface area contributed by atoms with Gasteiger partial charge in [-0.25, -0.2) is 0 Å². The van der Waals surface area contributed by atoms with Gasteiger partial charge in [0.2, 0.25) is 0 Å². The van der Waals surface area contributed by atoms with Gasteiger partial charge in [0.1, 0.15) is 5.75 Å². The van der Waals surface area contributed by atoms with E-state index in [9.17, 15) is 22.8 Å². The Morgan fingerprint density at radius 1 is 1.10 bits per heavy atom. The van der Waals surface area contributed by atoms with Gasteiger partial charge in [-0.05, 0) is 43.0 Å². The number of benzene rings is 2. The number of rotatable bonds is 6. The molecule has 1 heterocycles. The number of hydrogen-bond donors (Lipinski definition) is 1. The average molecular weight is 422 g/mol. The molecule has 0 aliphatic carbocycles. The number of nitrogens with zero attached hydrogens (tertiary/aromatic N) is 1. The third-order valence-electron chi connectivity index (χ3n) is 4.04. The van der Waals surface area contributed by atoms with Gasteiger partial charge in [-0.15, -0.1) is 0 Å². The van der Waals surface area contributed by atoms with E-state index in [2.05, 4.69) is 5.32 Å². The lowest BCUT2D eigenvalue weighted by Crippen LogP contribution is -2.33. The van der Waals surface area contributed by atoms with Crippen molar-refractivity contribution >= 4 is 34.7 Å². The molecule has 5 nitrogen and oxygen atoms in total. The summed E-state index contributed by atoms with van der Waals surface area (Å²) in [6, 6.07) is 11.9. The summed E-state index contributed by atoms with van der Waals surface area (Å²) in [5.74, 6) is -0.0117. The summed E-state index contributed by atoms with van der Waals surface area (Å²) in [4.78, 5) is 25.9. The zero-order valence-electron chi connectivity index (χ0n) is 15.3. The van der Waals surface area contributed by atoms with Gasteiger partial charge in [-0.2, -0.15) is 13.2 Å². The Morgan fingerprint density at radius 3 is 2.52 bits per heavy atom. The monoisotopic (exact) mass is 422 g/mol. The first-order valence-corrected chi connectivity index (χ1v) is 9.50. The topological polar surface area (TPSA) is 58.6 Å². The molecule has 1 aliphatic rings. The summed E-state index contributed by atoms with van der Waals surface area (Å²) in [6.07, 6.45) is -3.01. The fourth-order valence-electron chi connectivity index (χ4n) is 2.71. The number of anilines is 1. The van der Waals surface area contributed by atoms with E-state index in [1.807, 2.05) is 6.92 Å². The van der Waals surface area contributed by atoms with Crippen LogP contribution in [0.5, 0.6) is 5.75 Å². The molecule has 0 atom stereocenters. The van der Waals surface area contributed by atoms with Crippen molar-refractivity contribution in [3.8, 4) is 5.75 Å². The number of alkyl halides is 3. The maximum absolute atomic E-state index is 13.1. The lowest BCUT2D eigenvalue weighted by molar-refractivity contribution is -0.137. The Kier molecular flexibility index (Phi) is 6.17. The predicted octanol–water partition coefficient (Wildman–Crippen LogP) is 5.21. The van der Waals surface area contributed by atoms with Gasteiger partial charge in [0.05, 0.1) is 23.7 Å². The molecule has 0 radical (unpaired) electrons. The summed E-state index contributed by atoms with van der Waals surface area (Å²) in [7, 11) is 0. The van der Waals surface area contributed by atoms with Gasteiger partial charge < -0.3 is 10.1 Å². The van der Waals surface area contributed by atoms with E-state index in [-0.39, 0.29) is 17.3 Å². The molecular formula is C20H17F3N2O3S. The van der Waals surface area contributed by atoms with Crippen molar-refractivity contribution in [2.24, 2.45) is 0 Å². The molecule has 9 heteroatoms. The van der Waals surface area contributed by atoms with Gasteiger partial charge in [-0.1, -0.05) is 30.3 Å². The highest BCUT2D eigenvalue weighted by atomic mass is 32.2. The fourth-order valence-corrected chi connectivity index (χ4v) is 3.54. The number of nitrogens with one attached hydrogen (secondary N) is 1. The zero-order chi connectivity index (χ0) is 21.0. The Balaban J connectivity index is 1.77. The largest absolute Gasteiger partial charge is 0.493 e. The molecule has 0 bridgehead atoms. The van der Waals surface area contributed by atoms with Crippen molar-refractivity contribution in [1.29, 1.82) is 0 Å². The van der Waals surface area contributed by atoms with Crippen LogP contribution in [0.4, 0.5) is 23.7 Å². The van der Waals surface area contributed by atoms with Crippen LogP contribution in [0.15, 0.2) is 53.4 Å². The minimum atomic E-state index is -4.55. The second-order valence-corrected chi connectivity index (χ2v) is 6.95. The van der Waals surface area contributed by atoms with Crippen LogP contribution in [-0.4, -0.2) is 29.3 Å². The van der Waals surface area contributed by atoms with Crippen LogP contribution < -0.4 is 10.1 Å². The van der Waals surface area contributed by atoms with E-state index in [0.717, 1.165) is 22.7 Å². The van der Waals surface area contributed by atoms with Crippen molar-refractivity contribution in [2.75, 3.05) is 18.6 Å². The smallest absolute Gasteiger partial charge is 0.418 e. The number of hydrogen-bond acceptors (Lipinski definition) is 5. The lowest BCUT2D eigenvalue weighted by Gasteiger charge is -2.18. The average Bonchev–Trinajstić information content (AvgIpc) is 2.94. The molecule has 2 amide bonds. The quantitative estimate of drug-likeness (QED) is 0.648. The van der Waals surface area contributed by atoms with Crippen LogP contribution in [0.25, 0.3) is 6.08 Å². The fraction of sp³-hybridized carbons (Fsp3) is 0.200. The SMILES string of the molecule is CCOc1ccccc1/C=C1\SC(=O)N(CNc2ccccc2C(F)(F)F)C1=O. The highest BCUT2D eigenvalue weighted by Crippen LogP contribution is 2.36. The van der Waals surface area contributed by atoms with E-state index in [4.69, 9.17) is 4.74 Å². The number of carbonyl (C=O) groups is 2. The van der Waals surface area contributed by atoms with Gasteiger partial charge in [0.15, 0.2) is 0 Å². The summed E-state index contributed by atoms with van der Waals surface area (Å²) < 4.78 is 44.8. The van der Waals surface area contributed by atoms with E-state index in [1.165, 1.54) is 18.2 Å². The normalized spacial score (nSPS) is 15.9. The third-order valence-corrected chi connectivity index (χ3v) is 4.95. The molecule has 0 aromatic heterocycles. The molecule has 29 heavy (non-hydrogen) atoms. The standard InChI is InChI=1S/C20H17F3N2O3S/c1-2-28-16-10-6-3-7-13(16)11-17-18(26)25(19(27)29-17)12-24-15-9-5-4-8-14(15)20(21,22)23/h3-11,24H,2,12H2,1H3/b17-11-. The number of para-hydroxylation sites is 2. The number of carbonyl (C=O) groups excluding carboxylic acids is 2. The third kappa shape index (κ3) is 4.73. The first kappa shape index (κ1) is 20.8. The first-order valence-electron chi connectivity index (χ1n) is 8.68. The summed E-state index contributed by atoms with van der Waals surface area (Å²) in [6.45, 7) is 1.90. The van der Waals surface area contributed by atoms with Crippen molar-refractivity contribution in [2.45, 2.75) is 13.1 Å². The first-order chi connectivity index (χ1) is 13.8. The van der Waals surface area contributed by atoms with E-state index < -0.39 is 22.9 Å². The molecule has 0 unspecified atom stereocenters.